The van der Waals surface area contributed by atoms with Crippen LogP contribution in [0.1, 0.15) is 21.1 Å². The molecule has 4 heterocycles. The van der Waals surface area contributed by atoms with E-state index in [1.54, 1.807) is 35.1 Å². The Morgan fingerprint density at radius 1 is 0.579 bits per heavy atom. The van der Waals surface area contributed by atoms with E-state index in [9.17, 15) is 10.5 Å². The summed E-state index contributed by atoms with van der Waals surface area (Å²) in [7, 11) is 0. The standard InChI is InChI=1S/C32H16N4S2/c33-17-19(23-9-1-3-13-35-23)15-27-31-21-7-5-12-26-30(21)32(22-8-6-11-25(37-27)29(22)31)28(38-26)16-20(18-34)24-10-2-4-14-36-24/h1-16H/b19-15+,20-16+. The number of thiophene rings is 2. The van der Waals surface area contributed by atoms with E-state index in [1.165, 1.54) is 10.8 Å². The first-order chi connectivity index (χ1) is 18.8. The highest BCUT2D eigenvalue weighted by molar-refractivity contribution is 7.22. The molecular weight excluding hydrogens is 505 g/mol. The number of aromatic nitrogens is 2. The van der Waals surface area contributed by atoms with Crippen molar-refractivity contribution in [3.05, 3.63) is 106 Å². The van der Waals surface area contributed by atoms with Crippen molar-refractivity contribution in [1.29, 1.82) is 10.5 Å². The van der Waals surface area contributed by atoms with Gasteiger partial charge in [0.25, 0.3) is 0 Å². The van der Waals surface area contributed by atoms with Gasteiger partial charge < -0.3 is 0 Å². The first kappa shape index (κ1) is 22.3. The van der Waals surface area contributed by atoms with E-state index in [4.69, 9.17) is 0 Å². The maximum atomic E-state index is 9.97. The molecule has 0 bridgehead atoms. The summed E-state index contributed by atoms with van der Waals surface area (Å²) in [5.74, 6) is 0. The summed E-state index contributed by atoms with van der Waals surface area (Å²) in [6.07, 6.45) is 7.36. The lowest BCUT2D eigenvalue weighted by Gasteiger charge is -2.08. The summed E-state index contributed by atoms with van der Waals surface area (Å²) >= 11 is 3.38. The topological polar surface area (TPSA) is 73.4 Å². The Hall–Kier alpha value is -4.88. The second-order valence-electron chi connectivity index (χ2n) is 8.81. The quantitative estimate of drug-likeness (QED) is 0.172. The van der Waals surface area contributed by atoms with Gasteiger partial charge in [-0.1, -0.05) is 36.4 Å². The molecule has 0 saturated carbocycles. The first-order valence-corrected chi connectivity index (χ1v) is 13.6. The summed E-state index contributed by atoms with van der Waals surface area (Å²) in [5.41, 5.74) is 2.40. The highest BCUT2D eigenvalue weighted by atomic mass is 32.1. The fourth-order valence-corrected chi connectivity index (χ4v) is 7.50. The molecule has 0 aliphatic heterocycles. The Balaban J connectivity index is 1.57. The van der Waals surface area contributed by atoms with Crippen LogP contribution in [0.15, 0.2) is 85.2 Å². The Morgan fingerprint density at radius 3 is 1.45 bits per heavy atom. The van der Waals surface area contributed by atoms with Crippen molar-refractivity contribution in [3.8, 4) is 12.1 Å². The molecule has 0 radical (unpaired) electrons. The van der Waals surface area contributed by atoms with Crippen LogP contribution >= 0.6 is 22.7 Å². The largest absolute Gasteiger partial charge is 0.256 e. The van der Waals surface area contributed by atoms with E-state index >= 15 is 0 Å². The summed E-state index contributed by atoms with van der Waals surface area (Å²) in [6.45, 7) is 0. The van der Waals surface area contributed by atoms with Crippen molar-refractivity contribution in [2.24, 2.45) is 0 Å². The predicted molar refractivity (Wildman–Crippen MR) is 159 cm³/mol. The molecular formula is C32H16N4S2. The van der Waals surface area contributed by atoms with Crippen LogP contribution in [0.2, 0.25) is 0 Å². The van der Waals surface area contributed by atoms with Crippen LogP contribution in [-0.2, 0) is 0 Å². The van der Waals surface area contributed by atoms with Crippen LogP contribution in [0.4, 0.5) is 0 Å². The molecule has 176 valence electrons. The molecule has 7 aromatic rings. The van der Waals surface area contributed by atoms with E-state index in [0.717, 1.165) is 40.7 Å². The third kappa shape index (κ3) is 3.40. The summed E-state index contributed by atoms with van der Waals surface area (Å²) in [4.78, 5) is 10.9. The molecule has 3 aromatic carbocycles. The minimum Gasteiger partial charge on any atom is -0.256 e. The van der Waals surface area contributed by atoms with Gasteiger partial charge in [-0.25, -0.2) is 0 Å². The second kappa shape index (κ2) is 8.90. The molecule has 38 heavy (non-hydrogen) atoms. The van der Waals surface area contributed by atoms with Crippen molar-refractivity contribution in [3.63, 3.8) is 0 Å². The normalized spacial score (nSPS) is 12.5. The van der Waals surface area contributed by atoms with Crippen LogP contribution in [0.25, 0.3) is 65.0 Å². The number of pyridine rings is 2. The lowest BCUT2D eigenvalue weighted by Crippen LogP contribution is -1.86. The van der Waals surface area contributed by atoms with Gasteiger partial charge in [0.1, 0.15) is 12.1 Å². The van der Waals surface area contributed by atoms with Gasteiger partial charge in [0.05, 0.1) is 22.5 Å². The molecule has 0 atom stereocenters. The molecule has 6 heteroatoms. The van der Waals surface area contributed by atoms with E-state index < -0.39 is 0 Å². The van der Waals surface area contributed by atoms with Gasteiger partial charge in [-0.3, -0.25) is 9.97 Å². The molecule has 0 saturated heterocycles. The van der Waals surface area contributed by atoms with Crippen LogP contribution in [0, 0.1) is 22.7 Å². The number of hydrogen-bond donors (Lipinski definition) is 0. The molecule has 0 aliphatic rings. The number of hydrogen-bond acceptors (Lipinski definition) is 6. The Bertz CT molecular complexity index is 1980. The zero-order valence-electron chi connectivity index (χ0n) is 19.8. The smallest absolute Gasteiger partial charge is 0.101 e. The van der Waals surface area contributed by atoms with Crippen LogP contribution in [0.5, 0.6) is 0 Å². The van der Waals surface area contributed by atoms with Crippen LogP contribution in [-0.4, -0.2) is 9.97 Å². The van der Waals surface area contributed by atoms with Gasteiger partial charge in [-0.2, -0.15) is 10.5 Å². The minimum atomic E-state index is 0.538. The number of benzene rings is 3. The van der Waals surface area contributed by atoms with E-state index in [2.05, 4.69) is 58.5 Å². The molecule has 0 N–H and O–H groups in total. The van der Waals surface area contributed by atoms with Crippen molar-refractivity contribution in [2.75, 3.05) is 0 Å². The zero-order chi connectivity index (χ0) is 25.6. The number of nitriles is 2. The number of allylic oxidation sites excluding steroid dienone is 2. The highest BCUT2D eigenvalue weighted by Gasteiger charge is 2.21. The molecule has 4 nitrogen and oxygen atoms in total. The van der Waals surface area contributed by atoms with Crippen LogP contribution < -0.4 is 0 Å². The zero-order valence-corrected chi connectivity index (χ0v) is 21.5. The summed E-state index contributed by atoms with van der Waals surface area (Å²) in [5, 5.41) is 26.9. The van der Waals surface area contributed by atoms with Crippen molar-refractivity contribution < 1.29 is 0 Å². The highest BCUT2D eigenvalue weighted by Crippen LogP contribution is 2.49. The predicted octanol–water partition coefficient (Wildman–Crippen LogP) is 8.78. The van der Waals surface area contributed by atoms with E-state index in [-0.39, 0.29) is 0 Å². The van der Waals surface area contributed by atoms with Gasteiger partial charge in [0.15, 0.2) is 0 Å². The van der Waals surface area contributed by atoms with Gasteiger partial charge in [-0.15, -0.1) is 22.7 Å². The fourth-order valence-electron chi connectivity index (χ4n) is 5.12. The first-order valence-electron chi connectivity index (χ1n) is 11.9. The number of rotatable bonds is 4. The van der Waals surface area contributed by atoms with Gasteiger partial charge in [0.2, 0.25) is 0 Å². The van der Waals surface area contributed by atoms with E-state index in [1.807, 2.05) is 48.6 Å². The lowest BCUT2D eigenvalue weighted by atomic mass is 9.94. The average molecular weight is 521 g/mol. The van der Waals surface area contributed by atoms with E-state index in [0.29, 0.717) is 22.5 Å². The Morgan fingerprint density at radius 2 is 1.05 bits per heavy atom. The van der Waals surface area contributed by atoms with Crippen LogP contribution in [0.3, 0.4) is 0 Å². The third-order valence-corrected chi connectivity index (χ3v) is 8.90. The maximum Gasteiger partial charge on any atom is 0.101 e. The molecule has 0 amide bonds. The Kier molecular flexibility index (Phi) is 5.23. The molecule has 0 spiro atoms. The lowest BCUT2D eigenvalue weighted by molar-refractivity contribution is 1.28. The van der Waals surface area contributed by atoms with Gasteiger partial charge in [0, 0.05) is 53.1 Å². The minimum absolute atomic E-state index is 0.538. The average Bonchev–Trinajstić information content (AvgIpc) is 3.53. The fraction of sp³-hybridized carbons (Fsp3) is 0. The Labute approximate surface area is 226 Å². The summed E-state index contributed by atoms with van der Waals surface area (Å²) in [6, 6.07) is 28.7. The van der Waals surface area contributed by atoms with Crippen molar-refractivity contribution >= 4 is 87.7 Å². The number of nitrogens with zero attached hydrogens (tertiary/aromatic N) is 4. The SMILES string of the molecule is N#C/C(=C\c1sc2cccc3c4c(/C=C(\C#N)c5ccccn5)sc5cccc(c1c23)c54)c1ccccn1. The third-order valence-electron chi connectivity index (χ3n) is 6.70. The van der Waals surface area contributed by atoms with Crippen molar-refractivity contribution in [1.82, 2.24) is 9.97 Å². The van der Waals surface area contributed by atoms with Gasteiger partial charge in [-0.05, 0) is 59.3 Å². The molecule has 4 aromatic heterocycles. The van der Waals surface area contributed by atoms with Gasteiger partial charge >= 0.3 is 0 Å². The second-order valence-corrected chi connectivity index (χ2v) is 11.0. The molecule has 7 rings (SSSR count). The number of fused-ring (bicyclic) bond motifs is 2. The monoisotopic (exact) mass is 520 g/mol. The molecule has 0 fully saturated rings. The maximum absolute atomic E-state index is 9.97. The molecule has 0 aliphatic carbocycles. The van der Waals surface area contributed by atoms with Crippen molar-refractivity contribution in [2.45, 2.75) is 0 Å². The molecule has 0 unspecified atom stereocenters. The summed E-state index contributed by atoms with van der Waals surface area (Å²) < 4.78 is 2.33.